The molecule has 1 saturated heterocycles. The van der Waals surface area contributed by atoms with Crippen molar-refractivity contribution in [1.29, 1.82) is 0 Å². The highest BCUT2D eigenvalue weighted by molar-refractivity contribution is 5.96. The second-order valence-electron chi connectivity index (χ2n) is 3.61. The number of hydrogen-bond acceptors (Lipinski definition) is 3. The maximum atomic E-state index is 13.0. The Morgan fingerprint density at radius 2 is 2.25 bits per heavy atom. The number of halogens is 1. The fourth-order valence-electron chi connectivity index (χ4n) is 1.57. The average Bonchev–Trinajstić information content (AvgIpc) is 2.32. The van der Waals surface area contributed by atoms with Gasteiger partial charge in [-0.3, -0.25) is 9.63 Å². The third kappa shape index (κ3) is 2.14. The van der Waals surface area contributed by atoms with Gasteiger partial charge in [-0.05, 0) is 31.0 Å². The van der Waals surface area contributed by atoms with Gasteiger partial charge in [0.25, 0.3) is 5.91 Å². The molecule has 0 saturated carbocycles. The van der Waals surface area contributed by atoms with E-state index in [4.69, 9.17) is 4.84 Å². The molecule has 1 N–H and O–H groups in total. The predicted molar refractivity (Wildman–Crippen MR) is 54.3 cm³/mol. The zero-order valence-corrected chi connectivity index (χ0v) is 8.65. The minimum Gasteiger partial charge on any atom is -0.507 e. The van der Waals surface area contributed by atoms with Crippen LogP contribution in [-0.2, 0) is 4.84 Å². The second-order valence-corrected chi connectivity index (χ2v) is 3.61. The molecule has 0 aliphatic carbocycles. The number of benzene rings is 1. The van der Waals surface area contributed by atoms with Crippen LogP contribution in [0.3, 0.4) is 0 Å². The quantitative estimate of drug-likeness (QED) is 0.791. The van der Waals surface area contributed by atoms with E-state index < -0.39 is 11.7 Å². The van der Waals surface area contributed by atoms with Crippen molar-refractivity contribution in [2.24, 2.45) is 0 Å². The Morgan fingerprint density at radius 3 is 2.94 bits per heavy atom. The maximum Gasteiger partial charge on any atom is 0.281 e. The molecule has 4 nitrogen and oxygen atoms in total. The van der Waals surface area contributed by atoms with Crippen LogP contribution in [0.1, 0.15) is 23.2 Å². The Hall–Kier alpha value is -1.62. The lowest BCUT2D eigenvalue weighted by Crippen LogP contribution is -2.35. The Labute approximate surface area is 92.2 Å². The summed E-state index contributed by atoms with van der Waals surface area (Å²) in [6, 6.07) is 3.27. The Bertz CT molecular complexity index is 402. The molecule has 0 bridgehead atoms. The second kappa shape index (κ2) is 4.49. The van der Waals surface area contributed by atoms with Crippen molar-refractivity contribution in [3.05, 3.63) is 29.6 Å². The van der Waals surface area contributed by atoms with Gasteiger partial charge in [0.1, 0.15) is 11.6 Å². The van der Waals surface area contributed by atoms with Crippen LogP contribution in [0.25, 0.3) is 0 Å². The molecular formula is C11H12FNO3. The SMILES string of the molecule is O=C(c1cc(F)ccc1O)N1CCCCO1. The van der Waals surface area contributed by atoms with Crippen LogP contribution in [0.5, 0.6) is 5.75 Å². The molecule has 1 amide bonds. The molecule has 1 aromatic carbocycles. The van der Waals surface area contributed by atoms with Crippen LogP contribution in [0.15, 0.2) is 18.2 Å². The van der Waals surface area contributed by atoms with Crippen LogP contribution >= 0.6 is 0 Å². The fraction of sp³-hybridized carbons (Fsp3) is 0.364. The van der Waals surface area contributed by atoms with Gasteiger partial charge < -0.3 is 5.11 Å². The van der Waals surface area contributed by atoms with E-state index in [0.29, 0.717) is 13.2 Å². The van der Waals surface area contributed by atoms with E-state index in [2.05, 4.69) is 0 Å². The van der Waals surface area contributed by atoms with Crippen molar-refractivity contribution in [2.45, 2.75) is 12.8 Å². The third-order valence-corrected chi connectivity index (χ3v) is 2.42. The van der Waals surface area contributed by atoms with Crippen molar-refractivity contribution in [3.63, 3.8) is 0 Å². The van der Waals surface area contributed by atoms with E-state index in [-0.39, 0.29) is 11.3 Å². The highest BCUT2D eigenvalue weighted by atomic mass is 19.1. The van der Waals surface area contributed by atoms with Crippen LogP contribution in [0.2, 0.25) is 0 Å². The average molecular weight is 225 g/mol. The van der Waals surface area contributed by atoms with Gasteiger partial charge in [-0.25, -0.2) is 9.45 Å². The number of hydroxylamine groups is 2. The summed E-state index contributed by atoms with van der Waals surface area (Å²) in [6.07, 6.45) is 1.75. The third-order valence-electron chi connectivity index (χ3n) is 2.42. The molecule has 1 fully saturated rings. The molecule has 0 spiro atoms. The molecule has 1 heterocycles. The monoisotopic (exact) mass is 225 g/mol. The van der Waals surface area contributed by atoms with Gasteiger partial charge in [0.05, 0.1) is 12.2 Å². The van der Waals surface area contributed by atoms with E-state index in [1.54, 1.807) is 0 Å². The molecule has 86 valence electrons. The lowest BCUT2D eigenvalue weighted by molar-refractivity contribution is -0.144. The van der Waals surface area contributed by atoms with Gasteiger partial charge in [0, 0.05) is 6.54 Å². The number of hydrogen-bond donors (Lipinski definition) is 1. The molecule has 0 atom stereocenters. The van der Waals surface area contributed by atoms with Crippen LogP contribution in [-0.4, -0.2) is 29.2 Å². The first-order valence-electron chi connectivity index (χ1n) is 5.12. The first kappa shape index (κ1) is 10.9. The molecule has 16 heavy (non-hydrogen) atoms. The summed E-state index contributed by atoms with van der Waals surface area (Å²) in [5.41, 5.74) is -0.0677. The van der Waals surface area contributed by atoms with Crippen molar-refractivity contribution in [1.82, 2.24) is 5.06 Å². The maximum absolute atomic E-state index is 13.0. The molecule has 0 radical (unpaired) electrons. The first-order valence-corrected chi connectivity index (χ1v) is 5.12. The number of aromatic hydroxyl groups is 1. The summed E-state index contributed by atoms with van der Waals surface area (Å²) in [5.74, 6) is -1.30. The summed E-state index contributed by atoms with van der Waals surface area (Å²) >= 11 is 0. The van der Waals surface area contributed by atoms with E-state index in [9.17, 15) is 14.3 Å². The van der Waals surface area contributed by atoms with E-state index >= 15 is 0 Å². The highest BCUT2D eigenvalue weighted by Gasteiger charge is 2.22. The van der Waals surface area contributed by atoms with Gasteiger partial charge in [-0.1, -0.05) is 0 Å². The lowest BCUT2D eigenvalue weighted by Gasteiger charge is -2.26. The topological polar surface area (TPSA) is 49.8 Å². The normalized spacial score (nSPS) is 16.2. The van der Waals surface area contributed by atoms with E-state index in [0.717, 1.165) is 36.1 Å². The van der Waals surface area contributed by atoms with Gasteiger partial charge in [0.2, 0.25) is 0 Å². The number of phenols is 1. The number of amides is 1. The number of nitrogens with zero attached hydrogens (tertiary/aromatic N) is 1. The molecule has 1 aliphatic heterocycles. The van der Waals surface area contributed by atoms with Gasteiger partial charge >= 0.3 is 0 Å². The molecule has 1 aromatic rings. The van der Waals surface area contributed by atoms with Crippen LogP contribution in [0, 0.1) is 5.82 Å². The number of carbonyl (C=O) groups is 1. The highest BCUT2D eigenvalue weighted by Crippen LogP contribution is 2.21. The van der Waals surface area contributed by atoms with E-state index in [1.165, 1.54) is 0 Å². The molecule has 2 rings (SSSR count). The number of rotatable bonds is 1. The first-order chi connectivity index (χ1) is 7.68. The summed E-state index contributed by atoms with van der Waals surface area (Å²) < 4.78 is 13.0. The fourth-order valence-corrected chi connectivity index (χ4v) is 1.57. The molecule has 1 aliphatic rings. The summed E-state index contributed by atoms with van der Waals surface area (Å²) in [4.78, 5) is 17.0. The van der Waals surface area contributed by atoms with Gasteiger partial charge in [-0.15, -0.1) is 0 Å². The molecular weight excluding hydrogens is 213 g/mol. The Kier molecular flexibility index (Phi) is 3.05. The van der Waals surface area contributed by atoms with E-state index in [1.807, 2.05) is 0 Å². The standard InChI is InChI=1S/C11H12FNO3/c12-8-3-4-10(14)9(7-8)11(15)13-5-1-2-6-16-13/h3-4,7,14H,1-2,5-6H2. The Balaban J connectivity index is 2.22. The number of phenolic OH excluding ortho intramolecular Hbond substituents is 1. The lowest BCUT2D eigenvalue weighted by atomic mass is 10.1. The van der Waals surface area contributed by atoms with Crippen molar-refractivity contribution >= 4 is 5.91 Å². The largest absolute Gasteiger partial charge is 0.507 e. The Morgan fingerprint density at radius 1 is 1.44 bits per heavy atom. The predicted octanol–water partition coefficient (Wildman–Crippen LogP) is 1.70. The van der Waals surface area contributed by atoms with Gasteiger partial charge in [0.15, 0.2) is 0 Å². The minimum atomic E-state index is -0.557. The summed E-state index contributed by atoms with van der Waals surface area (Å²) in [5, 5.41) is 10.6. The van der Waals surface area contributed by atoms with Gasteiger partial charge in [-0.2, -0.15) is 0 Å². The summed E-state index contributed by atoms with van der Waals surface area (Å²) in [7, 11) is 0. The molecule has 5 heteroatoms. The smallest absolute Gasteiger partial charge is 0.281 e. The minimum absolute atomic E-state index is 0.0677. The molecule has 0 unspecified atom stereocenters. The molecule has 0 aromatic heterocycles. The van der Waals surface area contributed by atoms with Crippen molar-refractivity contribution in [2.75, 3.05) is 13.2 Å². The van der Waals surface area contributed by atoms with Crippen LogP contribution in [0.4, 0.5) is 4.39 Å². The summed E-state index contributed by atoms with van der Waals surface area (Å²) in [6.45, 7) is 0.941. The number of carbonyl (C=O) groups excluding carboxylic acids is 1. The zero-order valence-electron chi connectivity index (χ0n) is 8.65. The van der Waals surface area contributed by atoms with Crippen LogP contribution < -0.4 is 0 Å². The zero-order chi connectivity index (χ0) is 11.5. The van der Waals surface area contributed by atoms with Crippen molar-refractivity contribution < 1.29 is 19.1 Å². The van der Waals surface area contributed by atoms with Crippen molar-refractivity contribution in [3.8, 4) is 5.75 Å².